The third-order valence-corrected chi connectivity index (χ3v) is 6.22. The van der Waals surface area contributed by atoms with Crippen LogP contribution in [0.5, 0.6) is 0 Å². The minimum Gasteiger partial charge on any atom is -0.294 e. The number of carbonyl (C=O) groups excluding carboxylic acids is 1. The molecule has 0 N–H and O–H groups in total. The van der Waals surface area contributed by atoms with Gasteiger partial charge < -0.3 is 0 Å². The van der Waals surface area contributed by atoms with Crippen LogP contribution >= 0.6 is 0 Å². The molecule has 0 aliphatic rings. The van der Waals surface area contributed by atoms with Gasteiger partial charge in [0, 0.05) is 12.0 Å². The van der Waals surface area contributed by atoms with Gasteiger partial charge in [-0.3, -0.25) is 4.79 Å². The van der Waals surface area contributed by atoms with E-state index < -0.39 is 0 Å². The van der Waals surface area contributed by atoms with E-state index in [0.717, 1.165) is 49.5 Å². The zero-order chi connectivity index (χ0) is 22.7. The predicted octanol–water partition coefficient (Wildman–Crippen LogP) is 8.38. The third kappa shape index (κ3) is 7.02. The molecule has 4 aromatic carbocycles. The van der Waals surface area contributed by atoms with Gasteiger partial charge in [-0.05, 0) is 66.5 Å². The van der Waals surface area contributed by atoms with E-state index in [4.69, 9.17) is 0 Å². The van der Waals surface area contributed by atoms with Crippen LogP contribution in [-0.4, -0.2) is 5.78 Å². The topological polar surface area (TPSA) is 17.1 Å². The Morgan fingerprint density at radius 2 is 1.27 bits per heavy atom. The second-order valence-electron chi connectivity index (χ2n) is 8.74. The SMILES string of the molecule is O=C(C/C(=C/CCc1ccccc1)CCCCc1ccccc1)c1ccc2ccccc2c1. The van der Waals surface area contributed by atoms with E-state index in [0.29, 0.717) is 6.42 Å². The van der Waals surface area contributed by atoms with Gasteiger partial charge in [-0.2, -0.15) is 0 Å². The van der Waals surface area contributed by atoms with Crippen molar-refractivity contribution in [2.24, 2.45) is 0 Å². The van der Waals surface area contributed by atoms with Crippen molar-refractivity contribution in [3.05, 3.63) is 131 Å². The maximum atomic E-state index is 13.1. The van der Waals surface area contributed by atoms with Crippen molar-refractivity contribution in [1.82, 2.24) is 0 Å². The molecule has 0 aliphatic carbocycles. The zero-order valence-electron chi connectivity index (χ0n) is 19.3. The Morgan fingerprint density at radius 3 is 2.00 bits per heavy atom. The molecule has 0 amide bonds. The molecule has 0 aliphatic heterocycles. The molecule has 33 heavy (non-hydrogen) atoms. The molecule has 166 valence electrons. The monoisotopic (exact) mass is 432 g/mol. The number of rotatable bonds is 11. The first kappa shape index (κ1) is 22.7. The van der Waals surface area contributed by atoms with E-state index in [2.05, 4.69) is 84.9 Å². The first-order chi connectivity index (χ1) is 16.3. The molecule has 0 saturated heterocycles. The third-order valence-electron chi connectivity index (χ3n) is 6.22. The summed E-state index contributed by atoms with van der Waals surface area (Å²) in [6.07, 6.45) is 9.15. The number of hydrogen-bond acceptors (Lipinski definition) is 1. The summed E-state index contributed by atoms with van der Waals surface area (Å²) in [4.78, 5) is 13.1. The Hall–Kier alpha value is -3.45. The van der Waals surface area contributed by atoms with E-state index in [9.17, 15) is 4.79 Å². The summed E-state index contributed by atoms with van der Waals surface area (Å²) >= 11 is 0. The first-order valence-electron chi connectivity index (χ1n) is 12.1. The van der Waals surface area contributed by atoms with Crippen molar-refractivity contribution in [1.29, 1.82) is 0 Å². The minimum atomic E-state index is 0.217. The van der Waals surface area contributed by atoms with Crippen molar-refractivity contribution < 1.29 is 4.79 Å². The number of benzene rings is 4. The lowest BCUT2D eigenvalue weighted by molar-refractivity contribution is 0.0992. The second-order valence-corrected chi connectivity index (χ2v) is 8.74. The van der Waals surface area contributed by atoms with Crippen LogP contribution in [0.25, 0.3) is 10.8 Å². The molecule has 0 heterocycles. The van der Waals surface area contributed by atoms with Crippen molar-refractivity contribution in [2.75, 3.05) is 0 Å². The number of unbranched alkanes of at least 4 members (excludes halogenated alkanes) is 1. The Labute approximate surface area is 197 Å². The molecule has 0 aromatic heterocycles. The highest BCUT2D eigenvalue weighted by Crippen LogP contribution is 2.21. The van der Waals surface area contributed by atoms with Crippen molar-refractivity contribution in [3.63, 3.8) is 0 Å². The maximum absolute atomic E-state index is 13.1. The Balaban J connectivity index is 1.39. The summed E-state index contributed by atoms with van der Waals surface area (Å²) in [6, 6.07) is 35.5. The molecule has 0 radical (unpaired) electrons. The van der Waals surface area contributed by atoms with Gasteiger partial charge in [-0.25, -0.2) is 0 Å². The smallest absolute Gasteiger partial charge is 0.166 e. The fraction of sp³-hybridized carbons (Fsp3) is 0.219. The highest BCUT2D eigenvalue weighted by molar-refractivity contribution is 6.01. The standard InChI is InChI=1S/C32H32O/c33-32(31-23-22-29-20-9-10-21-30(29)25-31)24-28(19-11-18-27-14-5-2-6-15-27)17-8-7-16-26-12-3-1-4-13-26/h1-6,9-10,12-15,19-23,25H,7-8,11,16-18,24H2/b28-19+. The Bertz CT molecular complexity index is 1190. The van der Waals surface area contributed by atoms with Crippen LogP contribution in [0, 0.1) is 0 Å². The van der Waals surface area contributed by atoms with Gasteiger partial charge in [0.25, 0.3) is 0 Å². The largest absolute Gasteiger partial charge is 0.294 e. The molecule has 0 saturated carbocycles. The summed E-state index contributed by atoms with van der Waals surface area (Å²) in [5.41, 5.74) is 4.82. The van der Waals surface area contributed by atoms with Gasteiger partial charge in [0.15, 0.2) is 5.78 Å². The summed E-state index contributed by atoms with van der Waals surface area (Å²) in [6.45, 7) is 0. The van der Waals surface area contributed by atoms with Gasteiger partial charge in [-0.1, -0.05) is 109 Å². The number of aryl methyl sites for hydroxylation is 2. The zero-order valence-corrected chi connectivity index (χ0v) is 19.3. The summed E-state index contributed by atoms with van der Waals surface area (Å²) in [5, 5.41) is 2.30. The average molecular weight is 433 g/mol. The number of hydrogen-bond donors (Lipinski definition) is 0. The van der Waals surface area contributed by atoms with Crippen molar-refractivity contribution in [3.8, 4) is 0 Å². The number of carbonyl (C=O) groups is 1. The molecule has 1 heteroatoms. The average Bonchev–Trinajstić information content (AvgIpc) is 2.87. The maximum Gasteiger partial charge on any atom is 0.166 e. The lowest BCUT2D eigenvalue weighted by Crippen LogP contribution is -2.02. The molecule has 0 fully saturated rings. The van der Waals surface area contributed by atoms with Crippen molar-refractivity contribution in [2.45, 2.75) is 44.9 Å². The number of ketones is 1. The van der Waals surface area contributed by atoms with Gasteiger partial charge in [0.1, 0.15) is 0 Å². The van der Waals surface area contributed by atoms with Crippen LogP contribution in [-0.2, 0) is 12.8 Å². The molecule has 0 atom stereocenters. The van der Waals surface area contributed by atoms with Crippen LogP contribution in [0.4, 0.5) is 0 Å². The fourth-order valence-electron chi connectivity index (χ4n) is 4.35. The van der Waals surface area contributed by atoms with Gasteiger partial charge in [0.05, 0.1) is 0 Å². The van der Waals surface area contributed by atoms with E-state index in [1.54, 1.807) is 0 Å². The molecular weight excluding hydrogens is 400 g/mol. The number of Topliss-reactive ketones (excluding diaryl/α,β-unsaturated/α-hetero) is 1. The Morgan fingerprint density at radius 1 is 0.636 bits per heavy atom. The normalized spacial score (nSPS) is 11.6. The molecule has 4 aromatic rings. The van der Waals surface area contributed by atoms with E-state index in [1.807, 2.05) is 24.3 Å². The van der Waals surface area contributed by atoms with Crippen molar-refractivity contribution >= 4 is 16.6 Å². The summed E-state index contributed by atoms with van der Waals surface area (Å²) < 4.78 is 0. The number of allylic oxidation sites excluding steroid dienone is 2. The molecule has 0 unspecified atom stereocenters. The van der Waals surface area contributed by atoms with Crippen LogP contribution in [0.1, 0.15) is 53.6 Å². The molecular formula is C32H32O. The summed E-state index contributed by atoms with van der Waals surface area (Å²) in [5.74, 6) is 0.217. The number of fused-ring (bicyclic) bond motifs is 1. The highest BCUT2D eigenvalue weighted by atomic mass is 16.1. The van der Waals surface area contributed by atoms with E-state index in [1.165, 1.54) is 22.1 Å². The quantitative estimate of drug-likeness (QED) is 0.132. The van der Waals surface area contributed by atoms with Crippen LogP contribution in [0.3, 0.4) is 0 Å². The molecule has 0 spiro atoms. The predicted molar refractivity (Wildman–Crippen MR) is 140 cm³/mol. The second kappa shape index (κ2) is 12.0. The Kier molecular flexibility index (Phi) is 8.25. The highest BCUT2D eigenvalue weighted by Gasteiger charge is 2.10. The minimum absolute atomic E-state index is 0.217. The van der Waals surface area contributed by atoms with E-state index in [-0.39, 0.29) is 5.78 Å². The summed E-state index contributed by atoms with van der Waals surface area (Å²) in [7, 11) is 0. The lowest BCUT2D eigenvalue weighted by atomic mass is 9.95. The molecule has 0 bridgehead atoms. The lowest BCUT2D eigenvalue weighted by Gasteiger charge is -2.09. The van der Waals surface area contributed by atoms with Crippen LogP contribution in [0.2, 0.25) is 0 Å². The van der Waals surface area contributed by atoms with Gasteiger partial charge >= 0.3 is 0 Å². The molecule has 1 nitrogen and oxygen atoms in total. The van der Waals surface area contributed by atoms with Gasteiger partial charge in [-0.15, -0.1) is 0 Å². The van der Waals surface area contributed by atoms with Crippen LogP contribution in [0.15, 0.2) is 115 Å². The fourth-order valence-corrected chi connectivity index (χ4v) is 4.35. The molecule has 4 rings (SSSR count). The van der Waals surface area contributed by atoms with Gasteiger partial charge in [0.2, 0.25) is 0 Å². The first-order valence-corrected chi connectivity index (χ1v) is 12.1. The van der Waals surface area contributed by atoms with Crippen LogP contribution < -0.4 is 0 Å². The van der Waals surface area contributed by atoms with E-state index >= 15 is 0 Å².